The minimum Gasteiger partial charge on any atom is -0.352 e. The molecule has 0 radical (unpaired) electrons. The molecule has 6 nitrogen and oxygen atoms in total. The number of urea groups is 1. The summed E-state index contributed by atoms with van der Waals surface area (Å²) in [6.07, 6.45) is 3.86. The molecule has 2 fully saturated rings. The van der Waals surface area contributed by atoms with E-state index < -0.39 is 41.6 Å². The maximum absolute atomic E-state index is 13.5. The lowest BCUT2D eigenvalue weighted by atomic mass is 9.92. The molecule has 1 aromatic carbocycles. The number of amides is 4. The molecule has 2 aliphatic rings. The molecule has 1 atom stereocenters. The highest BCUT2D eigenvalue weighted by Gasteiger charge is 2.49. The third kappa shape index (κ3) is 3.20. The fraction of sp³-hybridized carbons (Fsp3) is 0.471. The molecule has 1 aromatic rings. The van der Waals surface area contributed by atoms with Gasteiger partial charge >= 0.3 is 6.03 Å². The van der Waals surface area contributed by atoms with Gasteiger partial charge in [0.2, 0.25) is 5.91 Å². The summed E-state index contributed by atoms with van der Waals surface area (Å²) < 4.78 is 26.6. The molecule has 8 heteroatoms. The second kappa shape index (κ2) is 6.42. The van der Waals surface area contributed by atoms with Gasteiger partial charge in [0.1, 0.15) is 12.1 Å². The number of hydrogen-bond acceptors (Lipinski definition) is 3. The Balaban J connectivity index is 1.74. The van der Waals surface area contributed by atoms with Crippen LogP contribution in [0, 0.1) is 11.6 Å². The Morgan fingerprint density at radius 2 is 1.96 bits per heavy atom. The SMILES string of the molecule is C[C@@]1(c2ccc(F)c(F)c2)NC(=O)N(CC(=O)NC2CCCC2)C1=O. The first-order chi connectivity index (χ1) is 11.8. The van der Waals surface area contributed by atoms with Gasteiger partial charge < -0.3 is 10.6 Å². The summed E-state index contributed by atoms with van der Waals surface area (Å²) in [6.45, 7) is 0.995. The standard InChI is InChI=1S/C17H19F2N3O3/c1-17(10-6-7-12(18)13(19)8-10)15(24)22(16(25)21-17)9-14(23)20-11-4-2-3-5-11/h6-8,11H,2-5,9H2,1H3,(H,20,23)(H,21,25)/t17-/m0/s1. The van der Waals surface area contributed by atoms with Gasteiger partial charge in [-0.3, -0.25) is 14.5 Å². The van der Waals surface area contributed by atoms with Crippen LogP contribution in [0.15, 0.2) is 18.2 Å². The lowest BCUT2D eigenvalue weighted by molar-refractivity contribution is -0.135. The van der Waals surface area contributed by atoms with E-state index in [1.165, 1.54) is 13.0 Å². The number of halogens is 2. The normalized spacial score (nSPS) is 23.9. The van der Waals surface area contributed by atoms with Crippen LogP contribution in [0.4, 0.5) is 13.6 Å². The van der Waals surface area contributed by atoms with Crippen molar-refractivity contribution in [3.63, 3.8) is 0 Å². The minimum absolute atomic E-state index is 0.0749. The molecule has 1 saturated heterocycles. The van der Waals surface area contributed by atoms with E-state index >= 15 is 0 Å². The van der Waals surface area contributed by atoms with E-state index in [1.807, 2.05) is 0 Å². The van der Waals surface area contributed by atoms with Crippen molar-refractivity contribution < 1.29 is 23.2 Å². The fourth-order valence-electron chi connectivity index (χ4n) is 3.33. The summed E-state index contributed by atoms with van der Waals surface area (Å²) in [6, 6.07) is 2.34. The molecule has 1 aliphatic heterocycles. The van der Waals surface area contributed by atoms with E-state index in [-0.39, 0.29) is 11.6 Å². The van der Waals surface area contributed by atoms with E-state index in [0.717, 1.165) is 42.7 Å². The Morgan fingerprint density at radius 3 is 2.60 bits per heavy atom. The Morgan fingerprint density at radius 1 is 1.28 bits per heavy atom. The van der Waals surface area contributed by atoms with Crippen molar-refractivity contribution >= 4 is 17.8 Å². The highest BCUT2D eigenvalue weighted by atomic mass is 19.2. The third-order valence-electron chi connectivity index (χ3n) is 4.79. The van der Waals surface area contributed by atoms with Crippen molar-refractivity contribution in [2.45, 2.75) is 44.2 Å². The number of rotatable bonds is 4. The van der Waals surface area contributed by atoms with Crippen LogP contribution in [-0.4, -0.2) is 35.3 Å². The summed E-state index contributed by atoms with van der Waals surface area (Å²) in [5.74, 6) is -3.25. The molecule has 2 N–H and O–H groups in total. The van der Waals surface area contributed by atoms with E-state index in [2.05, 4.69) is 10.6 Å². The summed E-state index contributed by atoms with van der Waals surface area (Å²) in [5, 5.41) is 5.27. The Bertz CT molecular complexity index is 734. The molecule has 1 saturated carbocycles. The Labute approximate surface area is 143 Å². The van der Waals surface area contributed by atoms with Crippen molar-refractivity contribution in [3.8, 4) is 0 Å². The van der Waals surface area contributed by atoms with Gasteiger partial charge in [-0.15, -0.1) is 0 Å². The highest BCUT2D eigenvalue weighted by molar-refractivity contribution is 6.09. The van der Waals surface area contributed by atoms with Crippen molar-refractivity contribution in [1.29, 1.82) is 0 Å². The van der Waals surface area contributed by atoms with Gasteiger partial charge in [-0.2, -0.15) is 0 Å². The molecule has 0 unspecified atom stereocenters. The molecule has 1 aliphatic carbocycles. The lowest BCUT2D eigenvalue weighted by Crippen LogP contribution is -2.45. The topological polar surface area (TPSA) is 78.5 Å². The van der Waals surface area contributed by atoms with E-state index in [4.69, 9.17) is 0 Å². The molecule has 0 aromatic heterocycles. The predicted molar refractivity (Wildman–Crippen MR) is 84.4 cm³/mol. The zero-order valence-electron chi connectivity index (χ0n) is 13.8. The van der Waals surface area contributed by atoms with Crippen LogP contribution in [0.25, 0.3) is 0 Å². The van der Waals surface area contributed by atoms with Crippen LogP contribution in [0.1, 0.15) is 38.2 Å². The van der Waals surface area contributed by atoms with Gasteiger partial charge in [0.05, 0.1) is 0 Å². The Hall–Kier alpha value is -2.51. The number of carbonyl (C=O) groups excluding carboxylic acids is 3. The van der Waals surface area contributed by atoms with Crippen molar-refractivity contribution in [2.75, 3.05) is 6.54 Å². The molecule has 3 rings (SSSR count). The molecule has 0 spiro atoms. The van der Waals surface area contributed by atoms with Crippen LogP contribution in [0.5, 0.6) is 0 Å². The molecular weight excluding hydrogens is 332 g/mol. The maximum atomic E-state index is 13.5. The zero-order chi connectivity index (χ0) is 18.2. The molecular formula is C17H19F2N3O3. The van der Waals surface area contributed by atoms with Crippen LogP contribution in [0.2, 0.25) is 0 Å². The minimum atomic E-state index is -1.54. The van der Waals surface area contributed by atoms with Gasteiger partial charge in [0, 0.05) is 6.04 Å². The van der Waals surface area contributed by atoms with Gasteiger partial charge in [-0.25, -0.2) is 13.6 Å². The number of nitrogens with zero attached hydrogens (tertiary/aromatic N) is 1. The summed E-state index contributed by atoms with van der Waals surface area (Å²) in [7, 11) is 0. The van der Waals surface area contributed by atoms with Crippen LogP contribution < -0.4 is 10.6 Å². The van der Waals surface area contributed by atoms with E-state index in [1.54, 1.807) is 0 Å². The number of nitrogens with one attached hydrogen (secondary N) is 2. The van der Waals surface area contributed by atoms with Crippen LogP contribution in [-0.2, 0) is 15.1 Å². The molecule has 4 amide bonds. The molecule has 134 valence electrons. The summed E-state index contributed by atoms with van der Waals surface area (Å²) in [5.41, 5.74) is -1.43. The predicted octanol–water partition coefficient (Wildman–Crippen LogP) is 1.79. The molecule has 0 bridgehead atoms. The monoisotopic (exact) mass is 351 g/mol. The van der Waals surface area contributed by atoms with Crippen molar-refractivity contribution in [2.24, 2.45) is 0 Å². The van der Waals surface area contributed by atoms with E-state index in [0.29, 0.717) is 0 Å². The lowest BCUT2D eigenvalue weighted by Gasteiger charge is -2.22. The first-order valence-corrected chi connectivity index (χ1v) is 8.20. The second-order valence-electron chi connectivity index (χ2n) is 6.62. The van der Waals surface area contributed by atoms with E-state index in [9.17, 15) is 23.2 Å². The van der Waals surface area contributed by atoms with Crippen molar-refractivity contribution in [1.82, 2.24) is 15.5 Å². The van der Waals surface area contributed by atoms with Gasteiger partial charge in [0.25, 0.3) is 5.91 Å². The number of benzene rings is 1. The third-order valence-corrected chi connectivity index (χ3v) is 4.79. The number of carbonyl (C=O) groups is 3. The summed E-state index contributed by atoms with van der Waals surface area (Å²) >= 11 is 0. The van der Waals surface area contributed by atoms with Crippen LogP contribution >= 0.6 is 0 Å². The van der Waals surface area contributed by atoms with Crippen molar-refractivity contribution in [3.05, 3.63) is 35.4 Å². The first kappa shape index (κ1) is 17.3. The smallest absolute Gasteiger partial charge is 0.325 e. The summed E-state index contributed by atoms with van der Waals surface area (Å²) in [4.78, 5) is 37.7. The highest BCUT2D eigenvalue weighted by Crippen LogP contribution is 2.29. The first-order valence-electron chi connectivity index (χ1n) is 8.20. The average molecular weight is 351 g/mol. The molecule has 1 heterocycles. The van der Waals surface area contributed by atoms with Crippen LogP contribution in [0.3, 0.4) is 0 Å². The van der Waals surface area contributed by atoms with Gasteiger partial charge in [0.15, 0.2) is 11.6 Å². The quantitative estimate of drug-likeness (QED) is 0.812. The second-order valence-corrected chi connectivity index (χ2v) is 6.62. The number of hydrogen-bond donors (Lipinski definition) is 2. The number of imide groups is 1. The largest absolute Gasteiger partial charge is 0.352 e. The van der Waals surface area contributed by atoms with Gasteiger partial charge in [-0.05, 0) is 37.5 Å². The Kier molecular flexibility index (Phi) is 4.45. The fourth-order valence-corrected chi connectivity index (χ4v) is 3.33. The maximum Gasteiger partial charge on any atom is 0.325 e. The van der Waals surface area contributed by atoms with Gasteiger partial charge in [-0.1, -0.05) is 18.9 Å². The zero-order valence-corrected chi connectivity index (χ0v) is 13.8. The average Bonchev–Trinajstić information content (AvgIpc) is 3.13. The molecule has 25 heavy (non-hydrogen) atoms.